The van der Waals surface area contributed by atoms with Crippen molar-refractivity contribution in [3.8, 4) is 16.9 Å². The molecule has 0 fully saturated rings. The van der Waals surface area contributed by atoms with E-state index in [4.69, 9.17) is 5.73 Å². The van der Waals surface area contributed by atoms with Crippen LogP contribution in [0.5, 0.6) is 0 Å². The molecule has 20 heavy (non-hydrogen) atoms. The summed E-state index contributed by atoms with van der Waals surface area (Å²) in [5.74, 6) is 0.285. The minimum atomic E-state index is -0.264. The molecular formula is C16H14FN3. The number of aryl methyl sites for hydroxylation is 1. The van der Waals surface area contributed by atoms with Crippen molar-refractivity contribution in [1.82, 2.24) is 9.78 Å². The molecule has 1 heterocycles. The van der Waals surface area contributed by atoms with Gasteiger partial charge in [0.2, 0.25) is 0 Å². The van der Waals surface area contributed by atoms with E-state index in [1.165, 1.54) is 17.7 Å². The number of nitrogens with two attached hydrogens (primary N) is 1. The van der Waals surface area contributed by atoms with Gasteiger partial charge >= 0.3 is 0 Å². The van der Waals surface area contributed by atoms with Gasteiger partial charge < -0.3 is 5.73 Å². The second kappa shape index (κ2) is 4.81. The number of hydrogen-bond donors (Lipinski definition) is 1. The Bertz CT molecular complexity index is 727. The summed E-state index contributed by atoms with van der Waals surface area (Å²) in [6, 6.07) is 15.9. The van der Waals surface area contributed by atoms with Gasteiger partial charge in [0.15, 0.2) is 0 Å². The Kier molecular flexibility index (Phi) is 2.99. The lowest BCUT2D eigenvalue weighted by atomic mass is 10.1. The van der Waals surface area contributed by atoms with Crippen LogP contribution in [-0.2, 0) is 0 Å². The van der Waals surface area contributed by atoms with Gasteiger partial charge in [-0.05, 0) is 43.3 Å². The van der Waals surface area contributed by atoms with Crippen molar-refractivity contribution in [2.45, 2.75) is 6.92 Å². The standard InChI is InChI=1S/C16H14FN3/c1-11-2-8-14(9-3-11)20-16(18)10-15(19-20)12-4-6-13(17)7-5-12/h2-10H,18H2,1H3. The van der Waals surface area contributed by atoms with Crippen LogP contribution in [0.4, 0.5) is 10.2 Å². The van der Waals surface area contributed by atoms with Crippen molar-refractivity contribution in [3.63, 3.8) is 0 Å². The maximum Gasteiger partial charge on any atom is 0.127 e. The lowest BCUT2D eigenvalue weighted by Gasteiger charge is -2.03. The van der Waals surface area contributed by atoms with Gasteiger partial charge in [-0.2, -0.15) is 5.10 Å². The number of aromatic nitrogens is 2. The summed E-state index contributed by atoms with van der Waals surface area (Å²) >= 11 is 0. The van der Waals surface area contributed by atoms with E-state index in [2.05, 4.69) is 5.10 Å². The van der Waals surface area contributed by atoms with Gasteiger partial charge in [0.25, 0.3) is 0 Å². The first-order chi connectivity index (χ1) is 9.63. The first-order valence-electron chi connectivity index (χ1n) is 6.32. The van der Waals surface area contributed by atoms with E-state index in [1.807, 2.05) is 31.2 Å². The number of halogens is 1. The number of hydrogen-bond acceptors (Lipinski definition) is 2. The van der Waals surface area contributed by atoms with Crippen LogP contribution in [-0.4, -0.2) is 9.78 Å². The summed E-state index contributed by atoms with van der Waals surface area (Å²) in [5, 5.41) is 4.48. The normalized spacial score (nSPS) is 10.7. The average molecular weight is 267 g/mol. The molecule has 0 amide bonds. The molecule has 0 atom stereocenters. The molecule has 0 saturated heterocycles. The van der Waals surface area contributed by atoms with Gasteiger partial charge in [0.1, 0.15) is 11.6 Å². The topological polar surface area (TPSA) is 43.8 Å². The van der Waals surface area contributed by atoms with Crippen LogP contribution < -0.4 is 5.73 Å². The van der Waals surface area contributed by atoms with Gasteiger partial charge in [-0.25, -0.2) is 9.07 Å². The SMILES string of the molecule is Cc1ccc(-n2nc(-c3ccc(F)cc3)cc2N)cc1. The zero-order valence-electron chi connectivity index (χ0n) is 11.0. The number of rotatable bonds is 2. The molecule has 1 aromatic heterocycles. The fourth-order valence-corrected chi connectivity index (χ4v) is 2.05. The van der Waals surface area contributed by atoms with E-state index in [-0.39, 0.29) is 5.82 Å². The van der Waals surface area contributed by atoms with Crippen LogP contribution in [0.1, 0.15) is 5.56 Å². The number of anilines is 1. The Morgan fingerprint density at radius 1 is 1.00 bits per heavy atom. The van der Waals surface area contributed by atoms with Crippen LogP contribution in [0, 0.1) is 12.7 Å². The van der Waals surface area contributed by atoms with Crippen molar-refractivity contribution in [2.24, 2.45) is 0 Å². The van der Waals surface area contributed by atoms with Crippen LogP contribution in [0.15, 0.2) is 54.6 Å². The maximum atomic E-state index is 12.9. The molecule has 3 nitrogen and oxygen atoms in total. The molecule has 4 heteroatoms. The quantitative estimate of drug-likeness (QED) is 0.771. The van der Waals surface area contributed by atoms with E-state index < -0.39 is 0 Å². The van der Waals surface area contributed by atoms with Crippen molar-refractivity contribution < 1.29 is 4.39 Å². The Labute approximate surface area is 116 Å². The van der Waals surface area contributed by atoms with Crippen LogP contribution in [0.3, 0.4) is 0 Å². The number of nitrogens with zero attached hydrogens (tertiary/aromatic N) is 2. The molecule has 0 aliphatic rings. The average Bonchev–Trinajstić information content (AvgIpc) is 2.82. The predicted octanol–water partition coefficient (Wildman–Crippen LogP) is 3.57. The lowest BCUT2D eigenvalue weighted by Crippen LogP contribution is -2.01. The summed E-state index contributed by atoms with van der Waals surface area (Å²) in [4.78, 5) is 0. The van der Waals surface area contributed by atoms with Gasteiger partial charge in [-0.1, -0.05) is 17.7 Å². The van der Waals surface area contributed by atoms with Gasteiger partial charge in [0.05, 0.1) is 11.4 Å². The van der Waals surface area contributed by atoms with Gasteiger partial charge in [0, 0.05) is 11.6 Å². The van der Waals surface area contributed by atoms with E-state index >= 15 is 0 Å². The first kappa shape index (κ1) is 12.4. The number of nitrogen functional groups attached to an aromatic ring is 1. The summed E-state index contributed by atoms with van der Waals surface area (Å²) in [6.45, 7) is 2.03. The third kappa shape index (κ3) is 2.28. The van der Waals surface area contributed by atoms with Crippen molar-refractivity contribution in [1.29, 1.82) is 0 Å². The molecule has 0 saturated carbocycles. The lowest BCUT2D eigenvalue weighted by molar-refractivity contribution is 0.628. The molecule has 2 N–H and O–H groups in total. The molecule has 3 aromatic rings. The van der Waals surface area contributed by atoms with Crippen LogP contribution >= 0.6 is 0 Å². The summed E-state index contributed by atoms with van der Waals surface area (Å²) < 4.78 is 14.6. The van der Waals surface area contributed by atoms with E-state index in [0.29, 0.717) is 5.82 Å². The van der Waals surface area contributed by atoms with Crippen molar-refractivity contribution >= 4 is 5.82 Å². The van der Waals surface area contributed by atoms with Crippen LogP contribution in [0.2, 0.25) is 0 Å². The fourth-order valence-electron chi connectivity index (χ4n) is 2.05. The summed E-state index contributed by atoms with van der Waals surface area (Å²) in [6.07, 6.45) is 0. The van der Waals surface area contributed by atoms with E-state index in [1.54, 1.807) is 22.9 Å². The van der Waals surface area contributed by atoms with Crippen molar-refractivity contribution in [3.05, 3.63) is 66.0 Å². The highest BCUT2D eigenvalue weighted by Gasteiger charge is 2.08. The molecule has 0 bridgehead atoms. The Hall–Kier alpha value is -2.62. The Balaban J connectivity index is 2.02. The van der Waals surface area contributed by atoms with Gasteiger partial charge in [-0.3, -0.25) is 0 Å². The molecule has 0 aliphatic heterocycles. The molecule has 0 unspecified atom stereocenters. The molecule has 0 radical (unpaired) electrons. The third-order valence-electron chi connectivity index (χ3n) is 3.16. The zero-order valence-corrected chi connectivity index (χ0v) is 11.0. The molecule has 0 aliphatic carbocycles. The maximum absolute atomic E-state index is 12.9. The van der Waals surface area contributed by atoms with Crippen molar-refractivity contribution in [2.75, 3.05) is 5.73 Å². The minimum Gasteiger partial charge on any atom is -0.384 e. The second-order valence-corrected chi connectivity index (χ2v) is 4.71. The zero-order chi connectivity index (χ0) is 14.1. The summed E-state index contributed by atoms with van der Waals surface area (Å²) in [7, 11) is 0. The second-order valence-electron chi connectivity index (χ2n) is 4.71. The predicted molar refractivity (Wildman–Crippen MR) is 78.1 cm³/mol. The van der Waals surface area contributed by atoms with E-state index in [9.17, 15) is 4.39 Å². The van der Waals surface area contributed by atoms with E-state index in [0.717, 1.165) is 16.9 Å². The Morgan fingerprint density at radius 3 is 2.30 bits per heavy atom. The highest BCUT2D eigenvalue weighted by atomic mass is 19.1. The fraction of sp³-hybridized carbons (Fsp3) is 0.0625. The summed E-state index contributed by atoms with van der Waals surface area (Å²) in [5.41, 5.74) is 9.65. The highest BCUT2D eigenvalue weighted by Crippen LogP contribution is 2.23. The molecule has 100 valence electrons. The minimum absolute atomic E-state index is 0.264. The highest BCUT2D eigenvalue weighted by molar-refractivity contribution is 5.63. The monoisotopic (exact) mass is 267 g/mol. The Morgan fingerprint density at radius 2 is 1.65 bits per heavy atom. The number of benzene rings is 2. The first-order valence-corrected chi connectivity index (χ1v) is 6.32. The molecule has 2 aromatic carbocycles. The molecule has 3 rings (SSSR count). The van der Waals surface area contributed by atoms with Crippen LogP contribution in [0.25, 0.3) is 16.9 Å². The van der Waals surface area contributed by atoms with Gasteiger partial charge in [-0.15, -0.1) is 0 Å². The largest absolute Gasteiger partial charge is 0.384 e. The molecule has 0 spiro atoms. The molecular weight excluding hydrogens is 253 g/mol. The third-order valence-corrected chi connectivity index (χ3v) is 3.16. The smallest absolute Gasteiger partial charge is 0.127 e.